The van der Waals surface area contributed by atoms with Crippen LogP contribution in [-0.4, -0.2) is 44.4 Å². The lowest BCUT2D eigenvalue weighted by Gasteiger charge is -2.31. The van der Waals surface area contributed by atoms with Crippen molar-refractivity contribution in [1.29, 1.82) is 0 Å². The van der Waals surface area contributed by atoms with Gasteiger partial charge in [0.25, 0.3) is 0 Å². The maximum Gasteiger partial charge on any atom is 0.224 e. The number of hydrogen-bond donors (Lipinski definition) is 0. The molecule has 2 heterocycles. The van der Waals surface area contributed by atoms with E-state index in [0.717, 1.165) is 32.6 Å². The quantitative estimate of drug-likeness (QED) is 0.750. The van der Waals surface area contributed by atoms with Gasteiger partial charge >= 0.3 is 0 Å². The second kappa shape index (κ2) is 9.18. The van der Waals surface area contributed by atoms with Crippen LogP contribution in [0.15, 0.2) is 42.9 Å². The number of amides is 1. The second-order valence-electron chi connectivity index (χ2n) is 7.99. The van der Waals surface area contributed by atoms with Gasteiger partial charge in [-0.1, -0.05) is 51.1 Å². The number of imidazole rings is 1. The van der Waals surface area contributed by atoms with Gasteiger partial charge in [0.05, 0.1) is 12.0 Å². The Morgan fingerprint density at radius 3 is 2.67 bits per heavy atom. The zero-order chi connectivity index (χ0) is 19.2. The summed E-state index contributed by atoms with van der Waals surface area (Å²) in [5.41, 5.74) is 2.44. The molecule has 1 aliphatic heterocycles. The molecule has 0 N–H and O–H groups in total. The Morgan fingerprint density at radius 1 is 1.19 bits per heavy atom. The molecule has 0 aliphatic carbocycles. The molecule has 0 spiro atoms. The average molecular weight is 369 g/mol. The van der Waals surface area contributed by atoms with Gasteiger partial charge in [0, 0.05) is 51.4 Å². The molecule has 5 heteroatoms. The van der Waals surface area contributed by atoms with Crippen molar-refractivity contribution in [3.05, 3.63) is 54.1 Å². The molecule has 1 fully saturated rings. The Morgan fingerprint density at radius 2 is 1.96 bits per heavy atom. The molecule has 1 aliphatic rings. The first-order valence-corrected chi connectivity index (χ1v) is 10.1. The molecule has 27 heavy (non-hydrogen) atoms. The van der Waals surface area contributed by atoms with Gasteiger partial charge in [0.15, 0.2) is 0 Å². The summed E-state index contributed by atoms with van der Waals surface area (Å²) in [7, 11) is 0. The van der Waals surface area contributed by atoms with Gasteiger partial charge in [-0.15, -0.1) is 0 Å². The lowest BCUT2D eigenvalue weighted by molar-refractivity contribution is -0.133. The Balaban J connectivity index is 1.70. The van der Waals surface area contributed by atoms with Crippen LogP contribution in [-0.2, 0) is 24.4 Å². The van der Waals surface area contributed by atoms with Gasteiger partial charge in [0.2, 0.25) is 5.91 Å². The second-order valence-corrected chi connectivity index (χ2v) is 7.99. The number of nitrogens with zero attached hydrogens (tertiary/aromatic N) is 4. The number of hydrogen-bond acceptors (Lipinski definition) is 3. The average Bonchev–Trinajstić information content (AvgIpc) is 3.02. The smallest absolute Gasteiger partial charge is 0.224 e. The van der Waals surface area contributed by atoms with Crippen LogP contribution in [0.5, 0.6) is 0 Å². The van der Waals surface area contributed by atoms with Crippen molar-refractivity contribution < 1.29 is 4.79 Å². The molecule has 0 saturated carbocycles. The van der Waals surface area contributed by atoms with Gasteiger partial charge in [0.1, 0.15) is 0 Å². The van der Waals surface area contributed by atoms with Gasteiger partial charge in [-0.25, -0.2) is 4.98 Å². The van der Waals surface area contributed by atoms with Crippen molar-refractivity contribution in [3.8, 4) is 0 Å². The van der Waals surface area contributed by atoms with Crippen molar-refractivity contribution in [3.63, 3.8) is 0 Å². The fraction of sp³-hybridized carbons (Fsp3) is 0.545. The minimum atomic E-state index is 0.252. The third kappa shape index (κ3) is 5.19. The maximum absolute atomic E-state index is 12.8. The van der Waals surface area contributed by atoms with Crippen LogP contribution >= 0.6 is 0 Å². The van der Waals surface area contributed by atoms with E-state index >= 15 is 0 Å². The SMILES string of the molecule is CC[C@H]1CN(Cc2cncn2CC(C)C)CCC(=O)N1Cc1ccccc1. The van der Waals surface area contributed by atoms with Gasteiger partial charge in [-0.3, -0.25) is 9.69 Å². The highest BCUT2D eigenvalue weighted by atomic mass is 16.2. The molecule has 0 radical (unpaired) electrons. The molecule has 1 aromatic carbocycles. The Kier molecular flexibility index (Phi) is 6.67. The first kappa shape index (κ1) is 19.6. The summed E-state index contributed by atoms with van der Waals surface area (Å²) in [6.45, 7) is 10.9. The fourth-order valence-corrected chi connectivity index (χ4v) is 3.85. The molecule has 5 nitrogen and oxygen atoms in total. The summed E-state index contributed by atoms with van der Waals surface area (Å²) in [5.74, 6) is 0.859. The van der Waals surface area contributed by atoms with Crippen LogP contribution in [0.25, 0.3) is 0 Å². The van der Waals surface area contributed by atoms with Crippen molar-refractivity contribution in [1.82, 2.24) is 19.4 Å². The minimum absolute atomic E-state index is 0.252. The van der Waals surface area contributed by atoms with E-state index < -0.39 is 0 Å². The normalized spacial score (nSPS) is 18.9. The third-order valence-corrected chi connectivity index (χ3v) is 5.28. The lowest BCUT2D eigenvalue weighted by Crippen LogP contribution is -2.42. The zero-order valence-corrected chi connectivity index (χ0v) is 16.8. The largest absolute Gasteiger partial charge is 0.334 e. The van der Waals surface area contributed by atoms with Crippen LogP contribution in [0, 0.1) is 5.92 Å². The van der Waals surface area contributed by atoms with Crippen molar-refractivity contribution in [2.24, 2.45) is 5.92 Å². The molecule has 146 valence electrons. The Bertz CT molecular complexity index is 725. The summed E-state index contributed by atoms with van der Waals surface area (Å²) < 4.78 is 2.25. The first-order valence-electron chi connectivity index (χ1n) is 10.1. The standard InChI is InChI=1S/C22H32N4O/c1-4-20-15-24(16-21-12-23-17-25(21)13-18(2)3)11-10-22(27)26(20)14-19-8-6-5-7-9-19/h5-9,12,17-18,20H,4,10-11,13-16H2,1-3H3/t20-/m0/s1. The zero-order valence-electron chi connectivity index (χ0n) is 16.8. The minimum Gasteiger partial charge on any atom is -0.334 e. The van der Waals surface area contributed by atoms with Crippen LogP contribution < -0.4 is 0 Å². The van der Waals surface area contributed by atoms with Crippen LogP contribution in [0.2, 0.25) is 0 Å². The summed E-state index contributed by atoms with van der Waals surface area (Å²) in [6, 6.07) is 10.6. The summed E-state index contributed by atoms with van der Waals surface area (Å²) >= 11 is 0. The summed E-state index contributed by atoms with van der Waals surface area (Å²) in [6.07, 6.45) is 5.46. The molecule has 1 atom stereocenters. The van der Waals surface area contributed by atoms with Gasteiger partial charge in [-0.2, -0.15) is 0 Å². The van der Waals surface area contributed by atoms with E-state index in [4.69, 9.17) is 0 Å². The predicted octanol–water partition coefficient (Wildman–Crippen LogP) is 3.55. The van der Waals surface area contributed by atoms with E-state index in [-0.39, 0.29) is 11.9 Å². The van der Waals surface area contributed by atoms with E-state index in [9.17, 15) is 4.79 Å². The number of rotatable bonds is 7. The topological polar surface area (TPSA) is 41.4 Å². The highest BCUT2D eigenvalue weighted by Crippen LogP contribution is 2.19. The number of aromatic nitrogens is 2. The molecule has 3 rings (SSSR count). The molecule has 1 amide bonds. The highest BCUT2D eigenvalue weighted by Gasteiger charge is 2.29. The fourth-order valence-electron chi connectivity index (χ4n) is 3.85. The maximum atomic E-state index is 12.8. The molecule has 1 aromatic heterocycles. The van der Waals surface area contributed by atoms with Crippen LogP contribution in [0.4, 0.5) is 0 Å². The summed E-state index contributed by atoms with van der Waals surface area (Å²) in [4.78, 5) is 21.7. The lowest BCUT2D eigenvalue weighted by atomic mass is 10.1. The number of carbonyl (C=O) groups is 1. The van der Waals surface area contributed by atoms with E-state index in [1.165, 1.54) is 11.3 Å². The first-order chi connectivity index (χ1) is 13.1. The molecular formula is C22H32N4O. The monoisotopic (exact) mass is 368 g/mol. The van der Waals surface area contributed by atoms with Crippen molar-refractivity contribution >= 4 is 5.91 Å². The van der Waals surface area contributed by atoms with Crippen molar-refractivity contribution in [2.75, 3.05) is 13.1 Å². The van der Waals surface area contributed by atoms with Crippen LogP contribution in [0.1, 0.15) is 44.9 Å². The highest BCUT2D eigenvalue weighted by molar-refractivity contribution is 5.77. The Hall–Kier alpha value is -2.14. The molecule has 0 unspecified atom stereocenters. The number of carbonyl (C=O) groups excluding carboxylic acids is 1. The van der Waals surface area contributed by atoms with E-state index in [1.807, 2.05) is 30.7 Å². The molecular weight excluding hydrogens is 336 g/mol. The van der Waals surface area contributed by atoms with Crippen molar-refractivity contribution in [2.45, 2.75) is 59.3 Å². The molecule has 0 bridgehead atoms. The van der Waals surface area contributed by atoms with Gasteiger partial charge in [-0.05, 0) is 17.9 Å². The van der Waals surface area contributed by atoms with E-state index in [1.54, 1.807) is 0 Å². The predicted molar refractivity (Wildman–Crippen MR) is 108 cm³/mol. The van der Waals surface area contributed by atoms with E-state index in [2.05, 4.69) is 52.3 Å². The van der Waals surface area contributed by atoms with Crippen LogP contribution in [0.3, 0.4) is 0 Å². The number of benzene rings is 1. The third-order valence-electron chi connectivity index (χ3n) is 5.28. The molecule has 2 aromatic rings. The summed E-state index contributed by atoms with van der Waals surface area (Å²) in [5, 5.41) is 0. The van der Waals surface area contributed by atoms with E-state index in [0.29, 0.717) is 18.9 Å². The molecule has 1 saturated heterocycles. The Labute approximate surface area is 163 Å². The van der Waals surface area contributed by atoms with Gasteiger partial charge < -0.3 is 9.47 Å².